The number of hydrogen-bond acceptors (Lipinski definition) is 0. The van der Waals surface area contributed by atoms with Gasteiger partial charge in [0.05, 0.1) is 0 Å². The summed E-state index contributed by atoms with van der Waals surface area (Å²) >= 11 is 0. The zero-order valence-corrected chi connectivity index (χ0v) is 7.77. The summed E-state index contributed by atoms with van der Waals surface area (Å²) in [5.74, 6) is -0.933. The highest BCUT2D eigenvalue weighted by Crippen LogP contribution is 2.25. The molecule has 0 spiro atoms. The molecule has 0 saturated carbocycles. The summed E-state index contributed by atoms with van der Waals surface area (Å²) in [6.45, 7) is 7.32. The highest BCUT2D eigenvalue weighted by atomic mass is 19.1. The van der Waals surface area contributed by atoms with E-state index in [2.05, 4.69) is 6.58 Å². The number of rotatable bonds is 2. The lowest BCUT2D eigenvalue weighted by Gasteiger charge is -2.12. The molecule has 0 nitrogen and oxygen atoms in total. The van der Waals surface area contributed by atoms with Crippen molar-refractivity contribution >= 4 is 0 Å². The Morgan fingerprint density at radius 1 is 1.38 bits per heavy atom. The average Bonchev–Trinajstić information content (AvgIpc) is 2.08. The first-order valence-electron chi connectivity index (χ1n) is 4.12. The monoisotopic (exact) mass is 182 g/mol. The summed E-state index contributed by atoms with van der Waals surface area (Å²) in [6.07, 6.45) is 0. The molecule has 0 amide bonds. The second kappa shape index (κ2) is 3.69. The van der Waals surface area contributed by atoms with Gasteiger partial charge in [0.2, 0.25) is 0 Å². The fourth-order valence-corrected chi connectivity index (χ4v) is 1.11. The molecule has 13 heavy (non-hydrogen) atoms. The molecule has 1 atom stereocenters. The molecule has 0 bridgehead atoms. The molecular weight excluding hydrogens is 170 g/mol. The standard InChI is InChI=1S/C11H12F2/c1-7(2)8(3)10-6-9(12)4-5-11(10)13/h4-6,8H,1H2,2-3H3. The molecule has 0 aliphatic carbocycles. The molecule has 0 radical (unpaired) electrons. The molecule has 2 heteroatoms. The third kappa shape index (κ3) is 2.14. The van der Waals surface area contributed by atoms with Gasteiger partial charge in [-0.25, -0.2) is 8.78 Å². The highest BCUT2D eigenvalue weighted by Gasteiger charge is 2.11. The van der Waals surface area contributed by atoms with Crippen LogP contribution in [0.5, 0.6) is 0 Å². The van der Waals surface area contributed by atoms with Crippen LogP contribution in [0.3, 0.4) is 0 Å². The smallest absolute Gasteiger partial charge is 0.127 e. The number of halogens is 2. The first-order chi connectivity index (χ1) is 6.02. The molecule has 70 valence electrons. The Morgan fingerprint density at radius 3 is 2.54 bits per heavy atom. The lowest BCUT2D eigenvalue weighted by molar-refractivity contribution is 0.578. The highest BCUT2D eigenvalue weighted by molar-refractivity contribution is 5.28. The van der Waals surface area contributed by atoms with Gasteiger partial charge in [0, 0.05) is 5.92 Å². The summed E-state index contributed by atoms with van der Waals surface area (Å²) in [7, 11) is 0. The van der Waals surface area contributed by atoms with Crippen LogP contribution in [0.15, 0.2) is 30.4 Å². The van der Waals surface area contributed by atoms with Crippen molar-refractivity contribution in [2.75, 3.05) is 0 Å². The summed E-state index contributed by atoms with van der Waals surface area (Å²) < 4.78 is 25.9. The fourth-order valence-electron chi connectivity index (χ4n) is 1.11. The fraction of sp³-hybridized carbons (Fsp3) is 0.273. The van der Waals surface area contributed by atoms with Crippen molar-refractivity contribution in [2.24, 2.45) is 0 Å². The second-order valence-corrected chi connectivity index (χ2v) is 3.23. The van der Waals surface area contributed by atoms with E-state index in [0.717, 1.165) is 17.7 Å². The van der Waals surface area contributed by atoms with Gasteiger partial charge in [-0.1, -0.05) is 19.1 Å². The minimum Gasteiger partial charge on any atom is -0.207 e. The van der Waals surface area contributed by atoms with E-state index >= 15 is 0 Å². The quantitative estimate of drug-likeness (QED) is 0.612. The summed E-state index contributed by atoms with van der Waals surface area (Å²) in [5.41, 5.74) is 1.19. The predicted molar refractivity (Wildman–Crippen MR) is 49.6 cm³/mol. The van der Waals surface area contributed by atoms with Crippen LogP contribution in [0, 0.1) is 11.6 Å². The summed E-state index contributed by atoms with van der Waals surface area (Å²) in [5, 5.41) is 0. The molecule has 0 saturated heterocycles. The molecule has 0 aliphatic rings. The molecular formula is C11H12F2. The van der Waals surface area contributed by atoms with Crippen molar-refractivity contribution in [1.29, 1.82) is 0 Å². The minimum absolute atomic E-state index is 0.143. The van der Waals surface area contributed by atoms with Crippen LogP contribution in [0.1, 0.15) is 25.3 Å². The molecule has 1 aromatic rings. The Balaban J connectivity index is 3.12. The topological polar surface area (TPSA) is 0 Å². The zero-order valence-electron chi connectivity index (χ0n) is 7.77. The maximum atomic E-state index is 13.2. The van der Waals surface area contributed by atoms with Gasteiger partial charge in [-0.2, -0.15) is 0 Å². The van der Waals surface area contributed by atoms with Crippen LogP contribution in [0.25, 0.3) is 0 Å². The van der Waals surface area contributed by atoms with Gasteiger partial charge in [-0.05, 0) is 30.7 Å². The largest absolute Gasteiger partial charge is 0.207 e. The van der Waals surface area contributed by atoms with Crippen LogP contribution >= 0.6 is 0 Å². The Bertz CT molecular complexity index is 329. The van der Waals surface area contributed by atoms with Crippen LogP contribution in [0.4, 0.5) is 8.78 Å². The lowest BCUT2D eigenvalue weighted by atomic mass is 9.94. The molecule has 1 aromatic carbocycles. The van der Waals surface area contributed by atoms with Gasteiger partial charge >= 0.3 is 0 Å². The molecule has 1 unspecified atom stereocenters. The first kappa shape index (κ1) is 9.90. The summed E-state index contributed by atoms with van der Waals surface area (Å²) in [6, 6.07) is 3.47. The predicted octanol–water partition coefficient (Wildman–Crippen LogP) is 3.64. The number of hydrogen-bond donors (Lipinski definition) is 0. The first-order valence-corrected chi connectivity index (χ1v) is 4.12. The number of benzene rings is 1. The van der Waals surface area contributed by atoms with Gasteiger partial charge in [0.1, 0.15) is 11.6 Å². The van der Waals surface area contributed by atoms with Crippen molar-refractivity contribution in [3.8, 4) is 0 Å². The van der Waals surface area contributed by atoms with E-state index in [4.69, 9.17) is 0 Å². The van der Waals surface area contributed by atoms with Crippen molar-refractivity contribution < 1.29 is 8.78 Å². The third-order valence-electron chi connectivity index (χ3n) is 2.16. The van der Waals surface area contributed by atoms with Crippen LogP contribution < -0.4 is 0 Å². The van der Waals surface area contributed by atoms with E-state index in [9.17, 15) is 8.78 Å². The van der Waals surface area contributed by atoms with E-state index in [1.807, 2.05) is 0 Å². The van der Waals surface area contributed by atoms with E-state index < -0.39 is 5.82 Å². The second-order valence-electron chi connectivity index (χ2n) is 3.23. The molecule has 1 rings (SSSR count). The molecule has 0 heterocycles. The Kier molecular flexibility index (Phi) is 2.81. The van der Waals surface area contributed by atoms with Crippen LogP contribution in [-0.2, 0) is 0 Å². The molecule has 0 aromatic heterocycles. The normalized spacial score (nSPS) is 12.6. The van der Waals surface area contributed by atoms with Gasteiger partial charge in [-0.3, -0.25) is 0 Å². The van der Waals surface area contributed by atoms with E-state index in [0.29, 0.717) is 5.56 Å². The van der Waals surface area contributed by atoms with E-state index in [1.54, 1.807) is 13.8 Å². The summed E-state index contributed by atoms with van der Waals surface area (Å²) in [4.78, 5) is 0. The van der Waals surface area contributed by atoms with Gasteiger partial charge in [0.15, 0.2) is 0 Å². The average molecular weight is 182 g/mol. The lowest BCUT2D eigenvalue weighted by Crippen LogP contribution is -1.98. The molecule has 0 fully saturated rings. The maximum Gasteiger partial charge on any atom is 0.127 e. The minimum atomic E-state index is -0.412. The number of allylic oxidation sites excluding steroid dienone is 1. The SMILES string of the molecule is C=C(C)C(C)c1cc(F)ccc1F. The van der Waals surface area contributed by atoms with Gasteiger partial charge in [-0.15, -0.1) is 0 Å². The Labute approximate surface area is 76.9 Å². The maximum absolute atomic E-state index is 13.2. The third-order valence-corrected chi connectivity index (χ3v) is 2.16. The molecule has 0 N–H and O–H groups in total. The van der Waals surface area contributed by atoms with Gasteiger partial charge in [0.25, 0.3) is 0 Å². The van der Waals surface area contributed by atoms with Crippen LogP contribution in [0.2, 0.25) is 0 Å². The van der Waals surface area contributed by atoms with E-state index in [-0.39, 0.29) is 11.7 Å². The Hall–Kier alpha value is -1.18. The van der Waals surface area contributed by atoms with Crippen molar-refractivity contribution in [2.45, 2.75) is 19.8 Å². The van der Waals surface area contributed by atoms with E-state index in [1.165, 1.54) is 6.07 Å². The van der Waals surface area contributed by atoms with Crippen molar-refractivity contribution in [3.05, 3.63) is 47.5 Å². The zero-order chi connectivity index (χ0) is 10.0. The van der Waals surface area contributed by atoms with Crippen LogP contribution in [-0.4, -0.2) is 0 Å². The van der Waals surface area contributed by atoms with Gasteiger partial charge < -0.3 is 0 Å². The Morgan fingerprint density at radius 2 is 2.00 bits per heavy atom. The van der Waals surface area contributed by atoms with Crippen molar-refractivity contribution in [1.82, 2.24) is 0 Å². The molecule has 0 aliphatic heterocycles. The van der Waals surface area contributed by atoms with Crippen molar-refractivity contribution in [3.63, 3.8) is 0 Å².